The van der Waals surface area contributed by atoms with Crippen molar-refractivity contribution in [1.29, 1.82) is 0 Å². The minimum atomic E-state index is -0.737. The number of nitrogens with two attached hydrogens (primary N) is 1. The standard InChI is InChI=1S/C17H15N3O4S2/c1-8-4-2-3-5-9(8)19-12(23)7-25-17-13(16(18)24)14-15(26-17)10(21)6-11(22)20-14/h2-6H,7H2,1H3,(H2,18,24)(H,19,23)(H2,20,21,22). The molecule has 0 spiro atoms. The van der Waals surface area contributed by atoms with Crippen LogP contribution < -0.4 is 16.6 Å². The average Bonchev–Trinajstić information content (AvgIpc) is 2.94. The van der Waals surface area contributed by atoms with Gasteiger partial charge in [-0.1, -0.05) is 18.2 Å². The topological polar surface area (TPSA) is 125 Å². The highest BCUT2D eigenvalue weighted by Gasteiger charge is 2.21. The zero-order valence-corrected chi connectivity index (χ0v) is 15.3. The molecule has 1 aromatic carbocycles. The number of benzene rings is 1. The van der Waals surface area contributed by atoms with Gasteiger partial charge in [0.1, 0.15) is 5.75 Å². The van der Waals surface area contributed by atoms with Crippen molar-refractivity contribution in [2.45, 2.75) is 11.1 Å². The minimum Gasteiger partial charge on any atom is -0.506 e. The van der Waals surface area contributed by atoms with Crippen molar-refractivity contribution in [3.63, 3.8) is 0 Å². The van der Waals surface area contributed by atoms with Crippen molar-refractivity contribution in [3.05, 3.63) is 51.8 Å². The van der Waals surface area contributed by atoms with Crippen LogP contribution in [0.25, 0.3) is 10.2 Å². The molecule has 134 valence electrons. The highest BCUT2D eigenvalue weighted by Crippen LogP contribution is 2.40. The lowest BCUT2D eigenvalue weighted by atomic mass is 10.2. The Morgan fingerprint density at radius 2 is 2.08 bits per heavy atom. The average molecular weight is 389 g/mol. The highest BCUT2D eigenvalue weighted by atomic mass is 32.2. The molecule has 0 radical (unpaired) electrons. The van der Waals surface area contributed by atoms with Crippen LogP contribution >= 0.6 is 23.1 Å². The quantitative estimate of drug-likeness (QED) is 0.499. The number of H-pyrrole nitrogens is 1. The molecule has 2 aromatic heterocycles. The van der Waals surface area contributed by atoms with Gasteiger partial charge in [0.05, 0.1) is 25.7 Å². The summed E-state index contributed by atoms with van der Waals surface area (Å²) in [5, 5.41) is 12.7. The predicted molar refractivity (Wildman–Crippen MR) is 103 cm³/mol. The Morgan fingerprint density at radius 3 is 2.77 bits per heavy atom. The first-order chi connectivity index (χ1) is 12.4. The number of anilines is 1. The zero-order chi connectivity index (χ0) is 18.8. The number of aromatic amines is 1. The van der Waals surface area contributed by atoms with Crippen LogP contribution in [0, 0.1) is 6.92 Å². The van der Waals surface area contributed by atoms with Crippen molar-refractivity contribution in [1.82, 2.24) is 4.98 Å². The monoisotopic (exact) mass is 389 g/mol. The molecule has 0 unspecified atom stereocenters. The van der Waals surface area contributed by atoms with E-state index < -0.39 is 11.5 Å². The Bertz CT molecular complexity index is 1070. The first-order valence-corrected chi connectivity index (χ1v) is 9.34. The Kier molecular flexibility index (Phi) is 5.01. The summed E-state index contributed by atoms with van der Waals surface area (Å²) in [6.07, 6.45) is 0. The normalized spacial score (nSPS) is 10.8. The van der Waals surface area contributed by atoms with Crippen molar-refractivity contribution in [3.8, 4) is 5.75 Å². The third-order valence-electron chi connectivity index (χ3n) is 3.62. The summed E-state index contributed by atoms with van der Waals surface area (Å²) in [5.74, 6) is -1.16. The number of carbonyl (C=O) groups is 2. The molecule has 9 heteroatoms. The summed E-state index contributed by atoms with van der Waals surface area (Å²) in [6, 6.07) is 8.42. The van der Waals surface area contributed by atoms with E-state index in [1.165, 1.54) is 0 Å². The number of carbonyl (C=O) groups excluding carboxylic acids is 2. The fourth-order valence-electron chi connectivity index (χ4n) is 2.41. The number of primary amides is 1. The van der Waals surface area contributed by atoms with Crippen LogP contribution in [0.1, 0.15) is 15.9 Å². The van der Waals surface area contributed by atoms with Crippen molar-refractivity contribution in [2.75, 3.05) is 11.1 Å². The van der Waals surface area contributed by atoms with Gasteiger partial charge < -0.3 is 21.1 Å². The number of thioether (sulfide) groups is 1. The molecule has 5 N–H and O–H groups in total. The van der Waals surface area contributed by atoms with Gasteiger partial charge in [-0.2, -0.15) is 0 Å². The lowest BCUT2D eigenvalue weighted by molar-refractivity contribution is -0.113. The van der Waals surface area contributed by atoms with Crippen LogP contribution in [0.5, 0.6) is 5.75 Å². The molecule has 0 saturated carbocycles. The lowest BCUT2D eigenvalue weighted by Gasteiger charge is -2.07. The van der Waals surface area contributed by atoms with Crippen LogP contribution in [0.3, 0.4) is 0 Å². The Hall–Kier alpha value is -2.78. The molecule has 0 aliphatic carbocycles. The first kappa shape index (κ1) is 18.0. The summed E-state index contributed by atoms with van der Waals surface area (Å²) in [5.41, 5.74) is 6.83. The maximum atomic E-state index is 12.2. The zero-order valence-electron chi connectivity index (χ0n) is 13.7. The molecule has 0 fully saturated rings. The van der Waals surface area contributed by atoms with Crippen molar-refractivity contribution in [2.24, 2.45) is 5.73 Å². The van der Waals surface area contributed by atoms with Crippen LogP contribution in [0.4, 0.5) is 5.69 Å². The van der Waals surface area contributed by atoms with E-state index in [1.807, 2.05) is 25.1 Å². The minimum absolute atomic E-state index is 0.0480. The smallest absolute Gasteiger partial charge is 0.252 e. The van der Waals surface area contributed by atoms with Crippen LogP contribution in [-0.4, -0.2) is 27.7 Å². The number of pyridine rings is 1. The number of amides is 2. The number of nitrogens with one attached hydrogen (secondary N) is 2. The molecule has 26 heavy (non-hydrogen) atoms. The molecule has 2 amide bonds. The molecule has 7 nitrogen and oxygen atoms in total. The second-order valence-electron chi connectivity index (χ2n) is 5.50. The van der Waals surface area contributed by atoms with Crippen molar-refractivity contribution < 1.29 is 14.7 Å². The van der Waals surface area contributed by atoms with E-state index >= 15 is 0 Å². The third kappa shape index (κ3) is 3.58. The van der Waals surface area contributed by atoms with E-state index in [1.54, 1.807) is 6.07 Å². The first-order valence-electron chi connectivity index (χ1n) is 7.53. The number of aromatic nitrogens is 1. The summed E-state index contributed by atoms with van der Waals surface area (Å²) in [6.45, 7) is 1.89. The third-order valence-corrected chi connectivity index (χ3v) is 6.11. The maximum absolute atomic E-state index is 12.2. The van der Waals surface area contributed by atoms with Gasteiger partial charge in [0.15, 0.2) is 0 Å². The number of fused-ring (bicyclic) bond motifs is 1. The molecule has 0 aliphatic heterocycles. The number of rotatable bonds is 5. The Balaban J connectivity index is 1.85. The second-order valence-corrected chi connectivity index (χ2v) is 7.77. The summed E-state index contributed by atoms with van der Waals surface area (Å²) < 4.78 is 0.810. The van der Waals surface area contributed by atoms with E-state index in [-0.39, 0.29) is 28.5 Å². The van der Waals surface area contributed by atoms with Crippen LogP contribution in [0.15, 0.2) is 39.3 Å². The van der Waals surface area contributed by atoms with Gasteiger partial charge in [-0.25, -0.2) is 0 Å². The molecule has 0 saturated heterocycles. The van der Waals surface area contributed by atoms with E-state index in [9.17, 15) is 19.5 Å². The number of aromatic hydroxyl groups is 1. The molecule has 3 rings (SSSR count). The van der Waals surface area contributed by atoms with Crippen molar-refractivity contribution >= 4 is 50.8 Å². The van der Waals surface area contributed by atoms with Gasteiger partial charge >= 0.3 is 0 Å². The number of para-hydroxylation sites is 1. The van der Waals surface area contributed by atoms with E-state index in [0.29, 0.717) is 14.6 Å². The summed E-state index contributed by atoms with van der Waals surface area (Å²) >= 11 is 2.22. The van der Waals surface area contributed by atoms with Gasteiger partial charge in [0, 0.05) is 11.8 Å². The van der Waals surface area contributed by atoms with Gasteiger partial charge in [-0.05, 0) is 18.6 Å². The molecular weight excluding hydrogens is 374 g/mol. The number of aryl methyl sites for hydroxylation is 1. The van der Waals surface area contributed by atoms with Gasteiger partial charge in [0.2, 0.25) is 5.91 Å². The molecule has 0 atom stereocenters. The molecular formula is C17H15N3O4S2. The van der Waals surface area contributed by atoms with Gasteiger partial charge in [0.25, 0.3) is 11.5 Å². The number of hydrogen-bond acceptors (Lipinski definition) is 6. The van der Waals surface area contributed by atoms with E-state index in [4.69, 9.17) is 5.73 Å². The SMILES string of the molecule is Cc1ccccc1NC(=O)CSc1sc2c(O)cc(=O)[nH]c2c1C(N)=O. The Labute approximate surface area is 156 Å². The van der Waals surface area contributed by atoms with Crippen LogP contribution in [-0.2, 0) is 4.79 Å². The van der Waals surface area contributed by atoms with Gasteiger partial charge in [-0.15, -0.1) is 23.1 Å². The van der Waals surface area contributed by atoms with E-state index in [0.717, 1.165) is 34.7 Å². The van der Waals surface area contributed by atoms with Crippen LogP contribution in [0.2, 0.25) is 0 Å². The second kappa shape index (κ2) is 7.22. The Morgan fingerprint density at radius 1 is 1.35 bits per heavy atom. The highest BCUT2D eigenvalue weighted by molar-refractivity contribution is 8.02. The fraction of sp³-hybridized carbons (Fsp3) is 0.118. The number of hydrogen-bond donors (Lipinski definition) is 4. The number of thiophene rings is 1. The van der Waals surface area contributed by atoms with Gasteiger partial charge in [-0.3, -0.25) is 14.4 Å². The largest absolute Gasteiger partial charge is 0.506 e. The van der Waals surface area contributed by atoms with E-state index in [2.05, 4.69) is 10.3 Å². The fourth-order valence-corrected chi connectivity index (χ4v) is 4.67. The molecule has 0 aliphatic rings. The summed E-state index contributed by atoms with van der Waals surface area (Å²) in [7, 11) is 0. The predicted octanol–water partition coefficient (Wildman–Crippen LogP) is 2.43. The molecule has 3 aromatic rings. The summed E-state index contributed by atoms with van der Waals surface area (Å²) in [4.78, 5) is 38.1. The lowest BCUT2D eigenvalue weighted by Crippen LogP contribution is -2.16. The molecule has 0 bridgehead atoms. The molecule has 2 heterocycles. The maximum Gasteiger partial charge on any atom is 0.252 e.